The number of hydrogen-bond acceptors (Lipinski definition) is 5. The Morgan fingerprint density at radius 2 is 2.03 bits per heavy atom. The van der Waals surface area contributed by atoms with Crippen LogP contribution in [-0.2, 0) is 16.8 Å². The van der Waals surface area contributed by atoms with Crippen molar-refractivity contribution in [1.82, 2.24) is 9.88 Å². The number of H-pyrrole nitrogens is 1. The zero-order valence-corrected chi connectivity index (χ0v) is 18.4. The van der Waals surface area contributed by atoms with Gasteiger partial charge >= 0.3 is 0 Å². The van der Waals surface area contributed by atoms with Crippen LogP contribution in [0.15, 0.2) is 42.5 Å². The smallest absolute Gasteiger partial charge is 0.257 e. The summed E-state index contributed by atoms with van der Waals surface area (Å²) >= 11 is 0. The van der Waals surface area contributed by atoms with Crippen molar-refractivity contribution in [2.45, 2.75) is 24.9 Å². The van der Waals surface area contributed by atoms with Gasteiger partial charge in [-0.05, 0) is 43.0 Å². The predicted octanol–water partition coefficient (Wildman–Crippen LogP) is 3.22. The van der Waals surface area contributed by atoms with Crippen molar-refractivity contribution < 1.29 is 19.0 Å². The minimum atomic E-state index is -0.359. The van der Waals surface area contributed by atoms with E-state index in [2.05, 4.69) is 29.2 Å². The number of aromatic amines is 1. The summed E-state index contributed by atoms with van der Waals surface area (Å²) < 4.78 is 17.4. The minimum Gasteiger partial charge on any atom is -0.497 e. The largest absolute Gasteiger partial charge is 0.497 e. The SMILES string of the molecule is COc1ccc(C(=O)N2CCC3(CC2)OCCc2c3[nH]c3ccccc23)c(OCCN)c1. The Kier molecular flexibility index (Phi) is 5.53. The topological polar surface area (TPSA) is 89.8 Å². The number of benzene rings is 2. The number of carbonyl (C=O) groups is 1. The summed E-state index contributed by atoms with van der Waals surface area (Å²) in [5.41, 5.74) is 9.47. The first kappa shape index (κ1) is 20.8. The average molecular weight is 436 g/mol. The third-order valence-corrected chi connectivity index (χ3v) is 6.65. The molecule has 2 aromatic carbocycles. The monoisotopic (exact) mass is 435 g/mol. The normalized spacial score (nSPS) is 17.4. The molecule has 32 heavy (non-hydrogen) atoms. The Hall–Kier alpha value is -3.03. The Labute approximate surface area is 187 Å². The molecule has 1 fully saturated rings. The summed E-state index contributed by atoms with van der Waals surface area (Å²) in [6.45, 7) is 2.67. The zero-order chi connectivity index (χ0) is 22.1. The molecule has 1 aromatic heterocycles. The van der Waals surface area contributed by atoms with Crippen LogP contribution < -0.4 is 15.2 Å². The fraction of sp³-hybridized carbons (Fsp3) is 0.400. The summed E-state index contributed by atoms with van der Waals surface area (Å²) in [6.07, 6.45) is 2.43. The Morgan fingerprint density at radius 1 is 1.22 bits per heavy atom. The molecule has 0 radical (unpaired) electrons. The van der Waals surface area contributed by atoms with Gasteiger partial charge < -0.3 is 29.8 Å². The van der Waals surface area contributed by atoms with Crippen LogP contribution >= 0.6 is 0 Å². The molecule has 0 bridgehead atoms. The second kappa shape index (κ2) is 8.48. The number of ether oxygens (including phenoxy) is 3. The fourth-order valence-electron chi connectivity index (χ4n) is 5.00. The number of likely N-dealkylation sites (tertiary alicyclic amines) is 1. The van der Waals surface area contributed by atoms with Crippen molar-refractivity contribution in [3.8, 4) is 11.5 Å². The molecule has 1 amide bonds. The Morgan fingerprint density at radius 3 is 2.81 bits per heavy atom. The highest BCUT2D eigenvalue weighted by molar-refractivity contribution is 5.97. The van der Waals surface area contributed by atoms with E-state index in [0.717, 1.165) is 24.8 Å². The van der Waals surface area contributed by atoms with Crippen LogP contribution in [0.4, 0.5) is 0 Å². The molecule has 0 aliphatic carbocycles. The lowest BCUT2D eigenvalue weighted by atomic mass is 9.83. The van der Waals surface area contributed by atoms with Crippen LogP contribution in [0.3, 0.4) is 0 Å². The van der Waals surface area contributed by atoms with Gasteiger partial charge in [0.1, 0.15) is 23.7 Å². The van der Waals surface area contributed by atoms with E-state index >= 15 is 0 Å². The predicted molar refractivity (Wildman–Crippen MR) is 122 cm³/mol. The van der Waals surface area contributed by atoms with Gasteiger partial charge in [-0.2, -0.15) is 0 Å². The molecule has 0 unspecified atom stereocenters. The van der Waals surface area contributed by atoms with Gasteiger partial charge in [-0.3, -0.25) is 4.79 Å². The van der Waals surface area contributed by atoms with Crippen LogP contribution in [0, 0.1) is 0 Å². The highest BCUT2D eigenvalue weighted by Gasteiger charge is 2.43. The maximum Gasteiger partial charge on any atom is 0.257 e. The lowest BCUT2D eigenvalue weighted by molar-refractivity contribution is -0.0957. The lowest BCUT2D eigenvalue weighted by Crippen LogP contribution is -2.48. The number of aromatic nitrogens is 1. The molecule has 7 nitrogen and oxygen atoms in total. The summed E-state index contributed by atoms with van der Waals surface area (Å²) in [5.74, 6) is 1.11. The number of nitrogens with zero attached hydrogens (tertiary/aromatic N) is 1. The van der Waals surface area contributed by atoms with Gasteiger partial charge in [-0.25, -0.2) is 0 Å². The second-order valence-corrected chi connectivity index (χ2v) is 8.41. The minimum absolute atomic E-state index is 0.0396. The number of nitrogens with one attached hydrogen (secondary N) is 1. The number of hydrogen-bond donors (Lipinski definition) is 2. The fourth-order valence-corrected chi connectivity index (χ4v) is 5.00. The van der Waals surface area contributed by atoms with Crippen molar-refractivity contribution in [3.63, 3.8) is 0 Å². The maximum absolute atomic E-state index is 13.4. The van der Waals surface area contributed by atoms with Gasteiger partial charge in [0.25, 0.3) is 5.91 Å². The molecule has 5 rings (SSSR count). The Balaban J connectivity index is 1.37. The number of methoxy groups -OCH3 is 1. The van der Waals surface area contributed by atoms with Crippen molar-refractivity contribution in [2.24, 2.45) is 5.73 Å². The van der Waals surface area contributed by atoms with E-state index in [1.807, 2.05) is 4.90 Å². The van der Waals surface area contributed by atoms with Crippen molar-refractivity contribution in [1.29, 1.82) is 0 Å². The standard InChI is InChI=1S/C25H29N3O4/c1-30-17-6-7-20(22(16-17)31-15-11-26)24(29)28-12-9-25(10-13-28)23-19(8-14-32-25)18-4-2-3-5-21(18)27-23/h2-7,16,27H,8-15,26H2,1H3. The molecule has 0 atom stereocenters. The first-order chi connectivity index (χ1) is 15.6. The van der Waals surface area contributed by atoms with Crippen LogP contribution in [0.1, 0.15) is 34.5 Å². The first-order valence-electron chi connectivity index (χ1n) is 11.2. The molecule has 2 aliphatic rings. The van der Waals surface area contributed by atoms with E-state index in [4.69, 9.17) is 19.9 Å². The van der Waals surface area contributed by atoms with Crippen molar-refractivity contribution in [3.05, 3.63) is 59.3 Å². The quantitative estimate of drug-likeness (QED) is 0.642. The van der Waals surface area contributed by atoms with Crippen LogP contribution in [0.2, 0.25) is 0 Å². The summed E-state index contributed by atoms with van der Waals surface area (Å²) in [4.78, 5) is 18.9. The van der Waals surface area contributed by atoms with Crippen molar-refractivity contribution in [2.75, 3.05) is 40.0 Å². The lowest BCUT2D eigenvalue weighted by Gasteiger charge is -2.43. The van der Waals surface area contributed by atoms with E-state index in [1.54, 1.807) is 25.3 Å². The number of fused-ring (bicyclic) bond motifs is 4. The van der Waals surface area contributed by atoms with Gasteiger partial charge in [0.05, 0.1) is 25.0 Å². The van der Waals surface area contributed by atoms with Crippen molar-refractivity contribution >= 4 is 16.8 Å². The van der Waals surface area contributed by atoms with Gasteiger partial charge in [0, 0.05) is 36.6 Å². The van der Waals surface area contributed by atoms with Gasteiger partial charge in [0.15, 0.2) is 0 Å². The van der Waals surface area contributed by atoms with E-state index in [0.29, 0.717) is 49.9 Å². The third-order valence-electron chi connectivity index (χ3n) is 6.65. The number of piperidine rings is 1. The van der Waals surface area contributed by atoms with E-state index < -0.39 is 0 Å². The van der Waals surface area contributed by atoms with Crippen LogP contribution in [0.25, 0.3) is 10.9 Å². The van der Waals surface area contributed by atoms with Crippen LogP contribution in [0.5, 0.6) is 11.5 Å². The molecule has 1 spiro atoms. The van der Waals surface area contributed by atoms with E-state index in [1.165, 1.54) is 16.6 Å². The molecule has 0 saturated carbocycles. The van der Waals surface area contributed by atoms with Crippen LogP contribution in [-0.4, -0.2) is 55.7 Å². The molecule has 168 valence electrons. The molecule has 1 saturated heterocycles. The molecule has 3 N–H and O–H groups in total. The van der Waals surface area contributed by atoms with E-state index in [-0.39, 0.29) is 11.5 Å². The third kappa shape index (κ3) is 3.51. The van der Waals surface area contributed by atoms with Gasteiger partial charge in [-0.15, -0.1) is 0 Å². The molecule has 2 aliphatic heterocycles. The number of carbonyl (C=O) groups excluding carboxylic acids is 1. The molecular formula is C25H29N3O4. The summed E-state index contributed by atoms with van der Waals surface area (Å²) in [7, 11) is 1.59. The van der Waals surface area contributed by atoms with E-state index in [9.17, 15) is 4.79 Å². The average Bonchev–Trinajstić information content (AvgIpc) is 3.23. The highest BCUT2D eigenvalue weighted by atomic mass is 16.5. The maximum atomic E-state index is 13.4. The molecule has 3 heterocycles. The summed E-state index contributed by atoms with van der Waals surface area (Å²) in [6, 6.07) is 13.7. The Bertz CT molecular complexity index is 1130. The second-order valence-electron chi connectivity index (χ2n) is 8.41. The van der Waals surface area contributed by atoms with Gasteiger partial charge in [0.2, 0.25) is 0 Å². The number of nitrogens with two attached hydrogens (primary N) is 1. The molecular weight excluding hydrogens is 406 g/mol. The molecule has 7 heteroatoms. The van der Waals surface area contributed by atoms with Gasteiger partial charge in [-0.1, -0.05) is 18.2 Å². The number of para-hydroxylation sites is 1. The highest BCUT2D eigenvalue weighted by Crippen LogP contribution is 2.43. The zero-order valence-electron chi connectivity index (χ0n) is 18.4. The first-order valence-corrected chi connectivity index (χ1v) is 11.2. The summed E-state index contributed by atoms with van der Waals surface area (Å²) in [5, 5.41) is 1.28. The molecule has 3 aromatic rings. The number of amides is 1. The number of rotatable bonds is 5.